The molecule has 0 amide bonds. The smallest absolute Gasteiger partial charge is 0.270 e. The van der Waals surface area contributed by atoms with Crippen LogP contribution in [-0.2, 0) is 6.54 Å². The highest BCUT2D eigenvalue weighted by molar-refractivity contribution is 5.80. The highest BCUT2D eigenvalue weighted by Gasteiger charge is 2.14. The van der Waals surface area contributed by atoms with E-state index in [0.29, 0.717) is 11.4 Å². The minimum atomic E-state index is -0.460. The largest absolute Gasteiger partial charge is 0.334 e. The molecule has 0 aliphatic rings. The lowest BCUT2D eigenvalue weighted by molar-refractivity contribution is -0.384. The number of nitro groups is 1. The zero-order valence-corrected chi connectivity index (χ0v) is 13.3. The summed E-state index contributed by atoms with van der Waals surface area (Å²) in [4.78, 5) is 19.2. The average Bonchev–Trinajstić information content (AvgIpc) is 3.28. The van der Waals surface area contributed by atoms with Gasteiger partial charge >= 0.3 is 0 Å². The first-order valence-electron chi connectivity index (χ1n) is 7.69. The predicted octanol–water partition coefficient (Wildman–Crippen LogP) is 3.68. The van der Waals surface area contributed by atoms with Gasteiger partial charge in [-0.3, -0.25) is 10.1 Å². The molecule has 0 N–H and O–H groups in total. The van der Waals surface area contributed by atoms with Gasteiger partial charge in [0.05, 0.1) is 22.3 Å². The average molecular weight is 335 g/mol. The third kappa shape index (κ3) is 2.63. The van der Waals surface area contributed by atoms with Crippen molar-refractivity contribution in [3.63, 3.8) is 0 Å². The van der Waals surface area contributed by atoms with Crippen LogP contribution in [0.2, 0.25) is 0 Å². The minimum absolute atomic E-state index is 0.0243. The fourth-order valence-electron chi connectivity index (χ4n) is 2.67. The molecule has 0 atom stereocenters. The number of rotatable bonds is 4. The monoisotopic (exact) mass is 335 g/mol. The Balaban J connectivity index is 1.71. The number of aryl methyl sites for hydroxylation is 1. The van der Waals surface area contributed by atoms with Crippen LogP contribution in [0, 0.1) is 10.1 Å². The molecule has 0 bridgehead atoms. The van der Waals surface area contributed by atoms with Crippen LogP contribution in [-0.4, -0.2) is 24.6 Å². The van der Waals surface area contributed by atoms with Crippen LogP contribution in [0.15, 0.2) is 53.3 Å². The summed E-state index contributed by atoms with van der Waals surface area (Å²) in [5, 5.41) is 14.9. The molecule has 0 unspecified atom stereocenters. The number of imidazole rings is 1. The molecule has 124 valence electrons. The molecule has 2 heterocycles. The zero-order valence-electron chi connectivity index (χ0n) is 13.3. The lowest BCUT2D eigenvalue weighted by Gasteiger charge is -1.99. The summed E-state index contributed by atoms with van der Waals surface area (Å²) in [6.45, 7) is 2.90. The van der Waals surface area contributed by atoms with Crippen LogP contribution in [0.25, 0.3) is 33.9 Å². The number of aromatic nitrogens is 4. The maximum Gasteiger partial charge on any atom is 0.270 e. The van der Waals surface area contributed by atoms with Gasteiger partial charge in [0, 0.05) is 29.8 Å². The number of non-ortho nitro benzene ring substituents is 1. The maximum absolute atomic E-state index is 10.9. The van der Waals surface area contributed by atoms with Crippen molar-refractivity contribution in [1.29, 1.82) is 0 Å². The van der Waals surface area contributed by atoms with E-state index in [9.17, 15) is 10.1 Å². The lowest BCUT2D eigenvalue weighted by atomic mass is 10.2. The van der Waals surface area contributed by atoms with E-state index >= 15 is 0 Å². The lowest BCUT2D eigenvalue weighted by Crippen LogP contribution is -1.90. The van der Waals surface area contributed by atoms with Crippen molar-refractivity contribution in [2.75, 3.05) is 0 Å². The molecule has 0 fully saturated rings. The third-order valence-corrected chi connectivity index (χ3v) is 3.95. The van der Waals surface area contributed by atoms with Crippen LogP contribution in [0.5, 0.6) is 0 Å². The van der Waals surface area contributed by atoms with Gasteiger partial charge in [0.15, 0.2) is 0 Å². The molecular weight excluding hydrogens is 322 g/mol. The van der Waals surface area contributed by atoms with Crippen LogP contribution < -0.4 is 0 Å². The van der Waals surface area contributed by atoms with Gasteiger partial charge in [-0.1, -0.05) is 11.2 Å². The van der Waals surface area contributed by atoms with E-state index in [1.165, 1.54) is 12.1 Å². The van der Waals surface area contributed by atoms with Crippen molar-refractivity contribution in [2.24, 2.45) is 0 Å². The second kappa shape index (κ2) is 5.82. The Labute approximate surface area is 141 Å². The molecule has 4 aromatic rings. The Bertz CT molecular complexity index is 1080. The summed E-state index contributed by atoms with van der Waals surface area (Å²) in [5.74, 6) is 0.646. The first-order valence-corrected chi connectivity index (χ1v) is 7.69. The van der Waals surface area contributed by atoms with E-state index in [0.717, 1.165) is 23.1 Å². The Morgan fingerprint density at radius 2 is 2.08 bits per heavy atom. The SMILES string of the molecule is CCn1cnc2cc(-c3noc(-c4cccc([N+](=O)[O-])c4)n3)ccc21. The third-order valence-electron chi connectivity index (χ3n) is 3.95. The van der Waals surface area contributed by atoms with Crippen molar-refractivity contribution in [3.8, 4) is 22.8 Å². The standard InChI is InChI=1S/C17H13N5O3/c1-2-21-10-18-14-9-11(6-7-15(14)21)16-19-17(25-20-16)12-4-3-5-13(8-12)22(23)24/h3-10H,2H2,1H3. The molecule has 2 aromatic heterocycles. The van der Waals surface area contributed by atoms with Crippen LogP contribution in [0.4, 0.5) is 5.69 Å². The van der Waals surface area contributed by atoms with E-state index in [1.54, 1.807) is 18.5 Å². The summed E-state index contributed by atoms with van der Waals surface area (Å²) in [7, 11) is 0. The summed E-state index contributed by atoms with van der Waals surface area (Å²) < 4.78 is 7.31. The molecule has 0 aliphatic heterocycles. The van der Waals surface area contributed by atoms with E-state index in [-0.39, 0.29) is 11.6 Å². The first-order chi connectivity index (χ1) is 12.2. The number of fused-ring (bicyclic) bond motifs is 1. The maximum atomic E-state index is 10.9. The Kier molecular flexibility index (Phi) is 3.50. The topological polar surface area (TPSA) is 99.9 Å². The Morgan fingerprint density at radius 1 is 1.20 bits per heavy atom. The molecule has 4 rings (SSSR count). The normalized spacial score (nSPS) is 11.1. The molecule has 0 saturated heterocycles. The van der Waals surface area contributed by atoms with E-state index in [1.807, 2.05) is 22.8 Å². The van der Waals surface area contributed by atoms with Crippen molar-refractivity contribution in [3.05, 3.63) is 58.9 Å². The van der Waals surface area contributed by atoms with Gasteiger partial charge in [-0.25, -0.2) is 4.98 Å². The summed E-state index contributed by atoms with van der Waals surface area (Å²) in [5.41, 5.74) is 3.14. The predicted molar refractivity (Wildman–Crippen MR) is 90.8 cm³/mol. The van der Waals surface area contributed by atoms with Crippen LogP contribution >= 0.6 is 0 Å². The van der Waals surface area contributed by atoms with Crippen molar-refractivity contribution >= 4 is 16.7 Å². The van der Waals surface area contributed by atoms with Gasteiger partial charge in [0.2, 0.25) is 5.82 Å². The fourth-order valence-corrected chi connectivity index (χ4v) is 2.67. The van der Waals surface area contributed by atoms with Gasteiger partial charge in [0.25, 0.3) is 11.6 Å². The molecule has 0 spiro atoms. The molecule has 25 heavy (non-hydrogen) atoms. The molecule has 2 aromatic carbocycles. The van der Waals surface area contributed by atoms with Crippen LogP contribution in [0.3, 0.4) is 0 Å². The summed E-state index contributed by atoms with van der Waals surface area (Å²) >= 11 is 0. The van der Waals surface area contributed by atoms with Crippen molar-refractivity contribution < 1.29 is 9.45 Å². The first kappa shape index (κ1) is 15.0. The summed E-state index contributed by atoms with van der Waals surface area (Å²) in [6.07, 6.45) is 1.79. The Morgan fingerprint density at radius 3 is 2.88 bits per heavy atom. The van der Waals surface area contributed by atoms with E-state index in [2.05, 4.69) is 22.0 Å². The molecular formula is C17H13N5O3. The number of hydrogen-bond acceptors (Lipinski definition) is 6. The molecule has 8 heteroatoms. The number of hydrogen-bond donors (Lipinski definition) is 0. The second-order valence-corrected chi connectivity index (χ2v) is 5.46. The van der Waals surface area contributed by atoms with Crippen molar-refractivity contribution in [2.45, 2.75) is 13.5 Å². The molecule has 0 saturated carbocycles. The van der Waals surface area contributed by atoms with Gasteiger partial charge in [-0.15, -0.1) is 0 Å². The second-order valence-electron chi connectivity index (χ2n) is 5.46. The van der Waals surface area contributed by atoms with Gasteiger partial charge < -0.3 is 9.09 Å². The number of benzene rings is 2. The molecule has 8 nitrogen and oxygen atoms in total. The van der Waals surface area contributed by atoms with Crippen molar-refractivity contribution in [1.82, 2.24) is 19.7 Å². The molecule has 0 radical (unpaired) electrons. The quantitative estimate of drug-likeness (QED) is 0.416. The van der Waals surface area contributed by atoms with Gasteiger partial charge in [-0.05, 0) is 31.2 Å². The van der Waals surface area contributed by atoms with Gasteiger partial charge in [0.1, 0.15) is 0 Å². The summed E-state index contributed by atoms with van der Waals surface area (Å²) in [6, 6.07) is 11.9. The molecule has 0 aliphatic carbocycles. The van der Waals surface area contributed by atoms with E-state index < -0.39 is 4.92 Å². The van der Waals surface area contributed by atoms with Gasteiger partial charge in [-0.2, -0.15) is 4.98 Å². The number of nitrogens with zero attached hydrogens (tertiary/aromatic N) is 5. The highest BCUT2D eigenvalue weighted by atomic mass is 16.6. The van der Waals surface area contributed by atoms with E-state index in [4.69, 9.17) is 4.52 Å². The minimum Gasteiger partial charge on any atom is -0.334 e. The Hall–Kier alpha value is -3.55. The zero-order chi connectivity index (χ0) is 17.4. The fraction of sp³-hybridized carbons (Fsp3) is 0.118. The number of nitro benzene ring substituents is 1. The highest BCUT2D eigenvalue weighted by Crippen LogP contribution is 2.26. The van der Waals surface area contributed by atoms with Crippen LogP contribution in [0.1, 0.15) is 6.92 Å².